The van der Waals surface area contributed by atoms with Crippen LogP contribution in [0.3, 0.4) is 0 Å². The third-order valence-electron chi connectivity index (χ3n) is 3.99. The average Bonchev–Trinajstić information content (AvgIpc) is 2.62. The fraction of sp³-hybridized carbons (Fsp3) is 0.235. The van der Waals surface area contributed by atoms with E-state index in [2.05, 4.69) is 10.3 Å². The van der Waals surface area contributed by atoms with E-state index in [1.54, 1.807) is 6.07 Å². The van der Waals surface area contributed by atoms with Gasteiger partial charge in [-0.3, -0.25) is 14.4 Å². The van der Waals surface area contributed by atoms with E-state index >= 15 is 0 Å². The smallest absolute Gasteiger partial charge is 0.322 e. The first-order valence-electron chi connectivity index (χ1n) is 7.60. The van der Waals surface area contributed by atoms with Gasteiger partial charge in [0, 0.05) is 25.3 Å². The molecule has 1 unspecified atom stereocenters. The molecule has 124 valence electrons. The molecule has 1 atom stereocenters. The van der Waals surface area contributed by atoms with E-state index < -0.39 is 23.5 Å². The maximum absolute atomic E-state index is 12.5. The summed E-state index contributed by atoms with van der Waals surface area (Å²) in [4.78, 5) is 40.0. The second kappa shape index (κ2) is 6.67. The van der Waals surface area contributed by atoms with Crippen LogP contribution >= 0.6 is 0 Å². The Hall–Kier alpha value is -2.93. The molecule has 1 amide bonds. The number of hydrogen-bond acceptors (Lipinski definition) is 4. The zero-order valence-electron chi connectivity index (χ0n) is 12.9. The number of carbonyl (C=O) groups excluding carboxylic acids is 1. The zero-order valence-corrected chi connectivity index (χ0v) is 12.9. The normalized spacial score (nSPS) is 17.5. The highest BCUT2D eigenvalue weighted by Gasteiger charge is 2.29. The summed E-state index contributed by atoms with van der Waals surface area (Å²) >= 11 is 0. The molecule has 0 aliphatic carbocycles. The molecule has 1 aliphatic heterocycles. The molecular weight excluding hydrogens is 310 g/mol. The van der Waals surface area contributed by atoms with Crippen molar-refractivity contribution in [1.29, 1.82) is 0 Å². The number of carbonyl (C=O) groups is 2. The maximum atomic E-state index is 12.5. The number of benzene rings is 1. The quantitative estimate of drug-likeness (QED) is 0.764. The minimum atomic E-state index is -1.01. The van der Waals surface area contributed by atoms with Crippen molar-refractivity contribution in [2.24, 2.45) is 0 Å². The Balaban J connectivity index is 1.83. The molecule has 24 heavy (non-hydrogen) atoms. The standard InChI is InChI=1S/C17H17N3O4/c21-15-12(6-7-13(19-15)11-4-2-1-3-5-11)16(22)20-9-8-18-14(10-20)17(23)24/h1-7,14,18H,8-10H2,(H,19,21)(H,23,24). The van der Waals surface area contributed by atoms with E-state index in [1.807, 2.05) is 30.3 Å². The predicted molar refractivity (Wildman–Crippen MR) is 87.8 cm³/mol. The minimum absolute atomic E-state index is 0.0146. The van der Waals surface area contributed by atoms with Gasteiger partial charge in [0.25, 0.3) is 11.5 Å². The zero-order chi connectivity index (χ0) is 17.1. The van der Waals surface area contributed by atoms with Crippen LogP contribution in [0, 0.1) is 0 Å². The summed E-state index contributed by atoms with van der Waals surface area (Å²) < 4.78 is 0. The third-order valence-corrected chi connectivity index (χ3v) is 3.99. The van der Waals surface area contributed by atoms with Crippen LogP contribution in [-0.2, 0) is 4.79 Å². The van der Waals surface area contributed by atoms with Crippen molar-refractivity contribution >= 4 is 11.9 Å². The van der Waals surface area contributed by atoms with E-state index in [0.717, 1.165) is 5.56 Å². The number of rotatable bonds is 3. The second-order valence-corrected chi connectivity index (χ2v) is 5.58. The number of aliphatic carboxylic acids is 1. The van der Waals surface area contributed by atoms with Gasteiger partial charge in [0.05, 0.1) is 0 Å². The Kier molecular flexibility index (Phi) is 4.43. The van der Waals surface area contributed by atoms with E-state index in [0.29, 0.717) is 18.8 Å². The number of H-pyrrole nitrogens is 1. The first-order valence-corrected chi connectivity index (χ1v) is 7.60. The van der Waals surface area contributed by atoms with Gasteiger partial charge in [-0.25, -0.2) is 0 Å². The predicted octanol–water partition coefficient (Wildman–Crippen LogP) is 0.540. The molecule has 1 aromatic carbocycles. The minimum Gasteiger partial charge on any atom is -0.480 e. The number of carboxylic acid groups (broad SMARTS) is 1. The van der Waals surface area contributed by atoms with E-state index in [9.17, 15) is 14.4 Å². The van der Waals surface area contributed by atoms with Gasteiger partial charge in [-0.1, -0.05) is 30.3 Å². The molecule has 0 bridgehead atoms. The third kappa shape index (κ3) is 3.21. The van der Waals surface area contributed by atoms with Gasteiger partial charge in [0.15, 0.2) is 0 Å². The molecule has 7 nitrogen and oxygen atoms in total. The van der Waals surface area contributed by atoms with Crippen molar-refractivity contribution in [2.75, 3.05) is 19.6 Å². The number of pyridine rings is 1. The molecule has 0 spiro atoms. The highest BCUT2D eigenvalue weighted by molar-refractivity contribution is 5.94. The van der Waals surface area contributed by atoms with Crippen LogP contribution in [0.25, 0.3) is 11.3 Å². The van der Waals surface area contributed by atoms with Crippen LogP contribution in [-0.4, -0.2) is 52.5 Å². The SMILES string of the molecule is O=C(O)C1CN(C(=O)c2ccc(-c3ccccc3)[nH]c2=O)CCN1. The Morgan fingerprint density at radius 1 is 1.12 bits per heavy atom. The van der Waals surface area contributed by atoms with Gasteiger partial charge < -0.3 is 20.3 Å². The molecule has 2 heterocycles. The lowest BCUT2D eigenvalue weighted by Crippen LogP contribution is -2.56. The summed E-state index contributed by atoms with van der Waals surface area (Å²) in [6.45, 7) is 0.777. The summed E-state index contributed by atoms with van der Waals surface area (Å²) in [7, 11) is 0. The second-order valence-electron chi connectivity index (χ2n) is 5.58. The number of aromatic nitrogens is 1. The molecule has 1 aliphatic rings. The summed E-state index contributed by atoms with van der Waals surface area (Å²) in [5.74, 6) is -1.47. The first kappa shape index (κ1) is 15.9. The van der Waals surface area contributed by atoms with Crippen molar-refractivity contribution in [3.63, 3.8) is 0 Å². The van der Waals surface area contributed by atoms with Gasteiger partial charge in [-0.05, 0) is 17.7 Å². The number of carboxylic acids is 1. The fourth-order valence-corrected chi connectivity index (χ4v) is 2.70. The van der Waals surface area contributed by atoms with Gasteiger partial charge in [0.1, 0.15) is 11.6 Å². The molecule has 3 rings (SSSR count). The van der Waals surface area contributed by atoms with Crippen LogP contribution < -0.4 is 10.9 Å². The molecule has 1 saturated heterocycles. The number of nitrogens with one attached hydrogen (secondary N) is 2. The van der Waals surface area contributed by atoms with Crippen LogP contribution in [0.2, 0.25) is 0 Å². The lowest BCUT2D eigenvalue weighted by atomic mass is 10.1. The number of amides is 1. The van der Waals surface area contributed by atoms with E-state index in [1.165, 1.54) is 11.0 Å². The molecular formula is C17H17N3O4. The van der Waals surface area contributed by atoms with Gasteiger partial charge in [-0.15, -0.1) is 0 Å². The molecule has 1 fully saturated rings. The van der Waals surface area contributed by atoms with Crippen molar-refractivity contribution in [2.45, 2.75) is 6.04 Å². The van der Waals surface area contributed by atoms with Crippen LogP contribution in [0.1, 0.15) is 10.4 Å². The molecule has 3 N–H and O–H groups in total. The monoisotopic (exact) mass is 327 g/mol. The number of hydrogen-bond donors (Lipinski definition) is 3. The highest BCUT2D eigenvalue weighted by atomic mass is 16.4. The number of piperazine rings is 1. The fourth-order valence-electron chi connectivity index (χ4n) is 2.70. The van der Waals surface area contributed by atoms with Crippen molar-refractivity contribution < 1.29 is 14.7 Å². The molecule has 7 heteroatoms. The van der Waals surface area contributed by atoms with E-state index in [-0.39, 0.29) is 12.1 Å². The maximum Gasteiger partial charge on any atom is 0.322 e. The number of aromatic amines is 1. The van der Waals surface area contributed by atoms with Gasteiger partial charge in [-0.2, -0.15) is 0 Å². The van der Waals surface area contributed by atoms with E-state index in [4.69, 9.17) is 5.11 Å². The lowest BCUT2D eigenvalue weighted by Gasteiger charge is -2.31. The van der Waals surface area contributed by atoms with Crippen LogP contribution in [0.15, 0.2) is 47.3 Å². The summed E-state index contributed by atoms with van der Waals surface area (Å²) in [5.41, 5.74) is 1.01. The van der Waals surface area contributed by atoms with Crippen LogP contribution in [0.4, 0.5) is 0 Å². The number of nitrogens with zero attached hydrogens (tertiary/aromatic N) is 1. The summed E-state index contributed by atoms with van der Waals surface area (Å²) in [5, 5.41) is 11.9. The van der Waals surface area contributed by atoms with Gasteiger partial charge in [0.2, 0.25) is 0 Å². The Morgan fingerprint density at radius 3 is 2.54 bits per heavy atom. The largest absolute Gasteiger partial charge is 0.480 e. The lowest BCUT2D eigenvalue weighted by molar-refractivity contribution is -0.140. The molecule has 0 saturated carbocycles. The van der Waals surface area contributed by atoms with Crippen molar-refractivity contribution in [3.05, 3.63) is 58.4 Å². The summed E-state index contributed by atoms with van der Waals surface area (Å²) in [6.07, 6.45) is 0. The van der Waals surface area contributed by atoms with Crippen LogP contribution in [0.5, 0.6) is 0 Å². The molecule has 1 aromatic heterocycles. The molecule has 2 aromatic rings. The van der Waals surface area contributed by atoms with Crippen molar-refractivity contribution in [3.8, 4) is 11.3 Å². The highest BCUT2D eigenvalue weighted by Crippen LogP contribution is 2.15. The van der Waals surface area contributed by atoms with Gasteiger partial charge >= 0.3 is 5.97 Å². The Labute approximate surface area is 137 Å². The average molecular weight is 327 g/mol. The Morgan fingerprint density at radius 2 is 1.88 bits per heavy atom. The first-order chi connectivity index (χ1) is 11.6. The summed E-state index contributed by atoms with van der Waals surface area (Å²) in [6, 6.07) is 11.7. The topological polar surface area (TPSA) is 102 Å². The Bertz CT molecular complexity index is 816. The van der Waals surface area contributed by atoms with Crippen molar-refractivity contribution in [1.82, 2.24) is 15.2 Å². The molecule has 0 radical (unpaired) electrons.